The van der Waals surface area contributed by atoms with Crippen LogP contribution in [0.15, 0.2) is 70.2 Å². The van der Waals surface area contributed by atoms with E-state index in [1.54, 1.807) is 18.8 Å². The van der Waals surface area contributed by atoms with E-state index in [1.807, 2.05) is 50.2 Å². The number of likely N-dealkylation sites (N-methyl/N-ethyl adjacent to an activating group) is 1. The van der Waals surface area contributed by atoms with E-state index in [-0.39, 0.29) is 35.7 Å². The molecule has 0 saturated heterocycles. The second-order valence-corrected chi connectivity index (χ2v) is 10.6. The zero-order valence-corrected chi connectivity index (χ0v) is 24.9. The van der Waals surface area contributed by atoms with E-state index in [4.69, 9.17) is 20.6 Å². The van der Waals surface area contributed by atoms with Crippen LogP contribution in [0.1, 0.15) is 58.4 Å². The molecule has 8 nitrogen and oxygen atoms in total. The Hall–Kier alpha value is -2.92. The Labute approximate surface area is 242 Å². The maximum atomic E-state index is 13.2. The number of rotatable bonds is 11. The molecule has 0 aromatic heterocycles. The summed E-state index contributed by atoms with van der Waals surface area (Å²) >= 11 is 1.74. The molecule has 8 N–H and O–H groups in total. The van der Waals surface area contributed by atoms with Crippen LogP contribution in [0.5, 0.6) is 0 Å². The summed E-state index contributed by atoms with van der Waals surface area (Å²) in [5, 5.41) is 23.7. The number of nitrogens with zero attached hydrogens (tertiary/aromatic N) is 1. The molecule has 0 heterocycles. The van der Waals surface area contributed by atoms with Crippen molar-refractivity contribution in [3.05, 3.63) is 71.7 Å². The molecule has 4 rings (SSSR count). The summed E-state index contributed by atoms with van der Waals surface area (Å²) < 4.78 is 13.2. The second kappa shape index (κ2) is 18.4. The molecule has 2 aromatic rings. The van der Waals surface area contributed by atoms with Gasteiger partial charge in [-0.25, -0.2) is 9.38 Å². The lowest BCUT2D eigenvalue weighted by atomic mass is 10.1. The zero-order valence-electron chi connectivity index (χ0n) is 24.1. The highest BCUT2D eigenvalue weighted by atomic mass is 32.2. The topological polar surface area (TPSA) is 146 Å². The molecule has 10 heteroatoms. The number of allylic oxidation sites excluding steroid dienone is 1. The summed E-state index contributed by atoms with van der Waals surface area (Å²) in [4.78, 5) is 14.4. The minimum atomic E-state index is -0.222. The Bertz CT molecular complexity index is 1050. The molecule has 0 unspecified atom stereocenters. The number of hydrogen-bond donors (Lipinski definition) is 6. The number of nitrogens with one attached hydrogen (secondary N) is 2. The lowest BCUT2D eigenvalue weighted by Gasteiger charge is -2.18. The fourth-order valence-electron chi connectivity index (χ4n) is 3.59. The fourth-order valence-corrected chi connectivity index (χ4v) is 4.85. The minimum Gasteiger partial charge on any atom is -0.395 e. The lowest BCUT2D eigenvalue weighted by molar-refractivity contribution is -0.106. The van der Waals surface area contributed by atoms with Gasteiger partial charge in [0.15, 0.2) is 0 Å². The molecule has 1 amide bonds. The van der Waals surface area contributed by atoms with Crippen molar-refractivity contribution in [2.45, 2.75) is 68.1 Å². The molecule has 0 atom stereocenters. The summed E-state index contributed by atoms with van der Waals surface area (Å²) in [7, 11) is 1.80. The number of amidine groups is 1. The van der Waals surface area contributed by atoms with Crippen LogP contribution < -0.4 is 22.1 Å². The summed E-state index contributed by atoms with van der Waals surface area (Å²) in [6.07, 6.45) is 7.32. The summed E-state index contributed by atoms with van der Waals surface area (Å²) in [5.41, 5.74) is 13.2. The predicted octanol–water partition coefficient (Wildman–Crippen LogP) is 4.41. The Morgan fingerprint density at radius 1 is 1.07 bits per heavy atom. The van der Waals surface area contributed by atoms with Gasteiger partial charge in [-0.05, 0) is 87.7 Å². The average Bonchev–Trinajstić information content (AvgIpc) is 3.90. The number of primary amides is 1. The monoisotopic (exact) mass is 575 g/mol. The third kappa shape index (κ3) is 11.7. The Balaban J connectivity index is 0.000000699. The third-order valence-corrected chi connectivity index (χ3v) is 7.56. The van der Waals surface area contributed by atoms with E-state index in [0.717, 1.165) is 53.9 Å². The van der Waals surface area contributed by atoms with Crippen LogP contribution in [0.2, 0.25) is 0 Å². The molecule has 0 bridgehead atoms. The number of amides is 1. The molecule has 2 saturated carbocycles. The molecule has 2 aliphatic carbocycles. The SMILES string of the molecule is CC.CC/C=C(\N=C(N)c1ccc(NC2(CO)CC2)cc1)C1(Sc2ccc(F)cc2)CC1.CNCCO.NC=O. The second-order valence-electron chi connectivity index (χ2n) is 9.15. The van der Waals surface area contributed by atoms with Crippen molar-refractivity contribution in [3.8, 4) is 0 Å². The number of anilines is 1. The number of aliphatic hydroxyl groups excluding tert-OH is 2. The smallest absolute Gasteiger partial charge is 0.204 e. The first-order valence-electron chi connectivity index (χ1n) is 13.7. The molecule has 0 spiro atoms. The van der Waals surface area contributed by atoms with Crippen LogP contribution in [-0.4, -0.2) is 59.6 Å². The van der Waals surface area contributed by atoms with E-state index < -0.39 is 0 Å². The quantitative estimate of drug-likeness (QED) is 0.132. The molecule has 2 fully saturated rings. The number of aliphatic hydroxyl groups is 2. The molecule has 2 aromatic carbocycles. The van der Waals surface area contributed by atoms with Crippen LogP contribution >= 0.6 is 11.8 Å². The van der Waals surface area contributed by atoms with Crippen molar-refractivity contribution in [2.75, 3.05) is 32.1 Å². The van der Waals surface area contributed by atoms with Crippen molar-refractivity contribution >= 4 is 29.7 Å². The van der Waals surface area contributed by atoms with E-state index in [1.165, 1.54) is 12.1 Å². The number of nitrogens with two attached hydrogens (primary N) is 2. The molecule has 0 aliphatic heterocycles. The molecule has 40 heavy (non-hydrogen) atoms. The van der Waals surface area contributed by atoms with E-state index in [2.05, 4.69) is 29.4 Å². The molecule has 2 aliphatic rings. The van der Waals surface area contributed by atoms with Gasteiger partial charge in [-0.1, -0.05) is 26.8 Å². The minimum absolute atomic E-state index is 0.0839. The van der Waals surface area contributed by atoms with Crippen molar-refractivity contribution < 1.29 is 19.4 Å². The summed E-state index contributed by atoms with van der Waals surface area (Å²) in [6.45, 7) is 7.17. The summed E-state index contributed by atoms with van der Waals surface area (Å²) in [6, 6.07) is 14.5. The molecular formula is C30H46FN5O3S. The Morgan fingerprint density at radius 2 is 1.65 bits per heavy atom. The van der Waals surface area contributed by atoms with Gasteiger partial charge in [-0.15, -0.1) is 11.8 Å². The van der Waals surface area contributed by atoms with Gasteiger partial charge < -0.3 is 32.3 Å². The Morgan fingerprint density at radius 3 is 2.05 bits per heavy atom. The van der Waals surface area contributed by atoms with Gasteiger partial charge >= 0.3 is 0 Å². The van der Waals surface area contributed by atoms with Crippen molar-refractivity contribution in [1.82, 2.24) is 5.32 Å². The molecule has 222 valence electrons. The maximum absolute atomic E-state index is 13.2. The van der Waals surface area contributed by atoms with Gasteiger partial charge in [0.1, 0.15) is 11.7 Å². The van der Waals surface area contributed by atoms with Crippen LogP contribution in [0.25, 0.3) is 0 Å². The van der Waals surface area contributed by atoms with E-state index in [9.17, 15) is 9.50 Å². The fraction of sp³-hybridized carbons (Fsp3) is 0.467. The lowest BCUT2D eigenvalue weighted by Crippen LogP contribution is -2.25. The largest absolute Gasteiger partial charge is 0.395 e. The number of halogens is 1. The number of aliphatic imine (C=N–C) groups is 1. The zero-order chi connectivity index (χ0) is 30.0. The first kappa shape index (κ1) is 35.1. The highest BCUT2D eigenvalue weighted by molar-refractivity contribution is 8.01. The normalized spacial score (nSPS) is 16.1. The third-order valence-electron chi connectivity index (χ3n) is 6.04. The molecule has 0 radical (unpaired) electrons. The maximum Gasteiger partial charge on any atom is 0.204 e. The first-order chi connectivity index (χ1) is 19.3. The number of hydrogen-bond acceptors (Lipinski definition) is 7. The van der Waals surface area contributed by atoms with Crippen molar-refractivity contribution in [2.24, 2.45) is 16.5 Å². The molecular weight excluding hydrogens is 529 g/mol. The number of carbonyl (C=O) groups excluding carboxylic acids is 1. The van der Waals surface area contributed by atoms with Crippen molar-refractivity contribution in [3.63, 3.8) is 0 Å². The van der Waals surface area contributed by atoms with E-state index >= 15 is 0 Å². The predicted molar refractivity (Wildman–Crippen MR) is 165 cm³/mol. The number of carbonyl (C=O) groups is 1. The van der Waals surface area contributed by atoms with Crippen LogP contribution in [-0.2, 0) is 4.79 Å². The van der Waals surface area contributed by atoms with E-state index in [0.29, 0.717) is 12.4 Å². The van der Waals surface area contributed by atoms with Gasteiger partial charge in [0.05, 0.1) is 29.2 Å². The first-order valence-corrected chi connectivity index (χ1v) is 14.5. The van der Waals surface area contributed by atoms with Gasteiger partial charge in [0, 0.05) is 22.7 Å². The summed E-state index contributed by atoms with van der Waals surface area (Å²) in [5.74, 6) is 0.274. The van der Waals surface area contributed by atoms with Crippen LogP contribution in [0.4, 0.5) is 10.1 Å². The Kier molecular flexibility index (Phi) is 16.2. The van der Waals surface area contributed by atoms with Gasteiger partial charge in [-0.2, -0.15) is 0 Å². The van der Waals surface area contributed by atoms with Crippen molar-refractivity contribution in [1.29, 1.82) is 0 Å². The highest BCUT2D eigenvalue weighted by Crippen LogP contribution is 2.57. The van der Waals surface area contributed by atoms with Gasteiger partial charge in [-0.3, -0.25) is 4.79 Å². The average molecular weight is 576 g/mol. The van der Waals surface area contributed by atoms with Gasteiger partial charge in [0.25, 0.3) is 0 Å². The standard InChI is InChI=1S/C24H28FN3OS.C3H9NO.C2H6.CH3NO/c1-2-3-21(24(14-15-24)30-20-10-6-18(25)7-11-20)27-22(26)17-4-8-19(9-5-17)28-23(16-29)12-13-23;1-4-2-3-5;1-2;2-1-3/h3-11,28-29H,2,12-16H2,1H3,(H2,26,27);4-5H,2-3H2,1H3;1-2H3;1H,(H2,2,3)/b21-3-;;;. The van der Waals surface area contributed by atoms with Crippen LogP contribution in [0, 0.1) is 5.82 Å². The van der Waals surface area contributed by atoms with Gasteiger partial charge in [0.2, 0.25) is 6.41 Å². The highest BCUT2D eigenvalue weighted by Gasteiger charge is 2.47. The number of thioether (sulfide) groups is 1. The van der Waals surface area contributed by atoms with Crippen LogP contribution in [0.3, 0.4) is 0 Å². The number of benzene rings is 2.